The molecule has 0 spiro atoms. The third-order valence-corrected chi connectivity index (χ3v) is 4.06. The van der Waals surface area contributed by atoms with E-state index in [1.807, 2.05) is 6.92 Å². The Morgan fingerprint density at radius 3 is 2.65 bits per heavy atom. The first kappa shape index (κ1) is 14.3. The Kier molecular flexibility index (Phi) is 4.24. The van der Waals surface area contributed by atoms with Crippen LogP contribution in [0.1, 0.15) is 22.4 Å². The summed E-state index contributed by atoms with van der Waals surface area (Å²) in [7, 11) is 3.11. The van der Waals surface area contributed by atoms with E-state index >= 15 is 0 Å². The number of ether oxygens (including phenoxy) is 2. The van der Waals surface area contributed by atoms with Crippen molar-refractivity contribution in [3.05, 3.63) is 28.9 Å². The molecule has 0 aliphatic heterocycles. The fourth-order valence-electron chi connectivity index (χ4n) is 1.83. The van der Waals surface area contributed by atoms with E-state index in [9.17, 15) is 9.90 Å². The van der Waals surface area contributed by atoms with E-state index < -0.39 is 5.97 Å². The number of hydrogen-bond donors (Lipinski definition) is 1. The number of benzene rings is 1. The topological polar surface area (TPSA) is 68.7 Å². The summed E-state index contributed by atoms with van der Waals surface area (Å²) in [5, 5.41) is 10.1. The first-order valence-corrected chi connectivity index (χ1v) is 6.87. The molecule has 106 valence electrons. The fourth-order valence-corrected chi connectivity index (χ4v) is 2.85. The van der Waals surface area contributed by atoms with Crippen LogP contribution in [0.3, 0.4) is 0 Å². The average Bonchev–Trinajstić information content (AvgIpc) is 2.90. The van der Waals surface area contributed by atoms with Crippen molar-refractivity contribution in [2.45, 2.75) is 13.3 Å². The lowest BCUT2D eigenvalue weighted by molar-refractivity contribution is 0.0692. The average molecular weight is 293 g/mol. The summed E-state index contributed by atoms with van der Waals surface area (Å²) < 4.78 is 10.5. The Bertz CT molecular complexity index is 636. The molecule has 0 atom stereocenters. The van der Waals surface area contributed by atoms with Crippen LogP contribution in [-0.2, 0) is 6.42 Å². The lowest BCUT2D eigenvalue weighted by Gasteiger charge is -2.09. The number of carboxylic acid groups (broad SMARTS) is 1. The number of carboxylic acids is 1. The number of nitrogens with zero attached hydrogens (tertiary/aromatic N) is 1. The zero-order chi connectivity index (χ0) is 14.7. The van der Waals surface area contributed by atoms with Crippen molar-refractivity contribution in [1.82, 2.24) is 4.98 Å². The van der Waals surface area contributed by atoms with Gasteiger partial charge in [0.15, 0.2) is 5.69 Å². The molecule has 0 aliphatic rings. The zero-order valence-electron chi connectivity index (χ0n) is 11.5. The molecule has 1 N–H and O–H groups in total. The Labute approximate surface area is 120 Å². The molecule has 0 saturated heterocycles. The van der Waals surface area contributed by atoms with Gasteiger partial charge in [0.1, 0.15) is 11.5 Å². The maximum Gasteiger partial charge on any atom is 0.356 e. The molecule has 2 aromatic rings. The molecule has 0 fully saturated rings. The van der Waals surface area contributed by atoms with Gasteiger partial charge in [-0.3, -0.25) is 0 Å². The Balaban J connectivity index is 2.65. The minimum absolute atomic E-state index is 0.0541. The Morgan fingerprint density at radius 1 is 1.35 bits per heavy atom. The first-order valence-electron chi connectivity index (χ1n) is 6.06. The van der Waals surface area contributed by atoms with Crippen LogP contribution in [0.25, 0.3) is 10.4 Å². The first-order chi connectivity index (χ1) is 9.60. The predicted molar refractivity (Wildman–Crippen MR) is 77.0 cm³/mol. The highest BCUT2D eigenvalue weighted by Crippen LogP contribution is 2.39. The summed E-state index contributed by atoms with van der Waals surface area (Å²) >= 11 is 1.36. The number of aryl methyl sites for hydroxylation is 1. The van der Waals surface area contributed by atoms with E-state index in [0.29, 0.717) is 28.4 Å². The van der Waals surface area contributed by atoms with E-state index in [1.165, 1.54) is 11.3 Å². The summed E-state index contributed by atoms with van der Waals surface area (Å²) in [6.45, 7) is 1.94. The number of thiazole rings is 1. The lowest BCUT2D eigenvalue weighted by Crippen LogP contribution is -2.00. The summed E-state index contributed by atoms with van der Waals surface area (Å²) in [6, 6.07) is 5.29. The maximum absolute atomic E-state index is 11.4. The third-order valence-electron chi connectivity index (χ3n) is 2.83. The van der Waals surface area contributed by atoms with Crippen molar-refractivity contribution < 1.29 is 19.4 Å². The van der Waals surface area contributed by atoms with Gasteiger partial charge in [-0.15, -0.1) is 11.3 Å². The number of methoxy groups -OCH3 is 2. The quantitative estimate of drug-likeness (QED) is 0.917. The molecule has 2 rings (SSSR count). The fraction of sp³-hybridized carbons (Fsp3) is 0.286. The van der Waals surface area contributed by atoms with Crippen molar-refractivity contribution in [1.29, 1.82) is 0 Å². The molecular formula is C14H15NO4S. The van der Waals surface area contributed by atoms with Crippen molar-refractivity contribution in [2.75, 3.05) is 14.2 Å². The number of aromatic carboxylic acids is 1. The van der Waals surface area contributed by atoms with Gasteiger partial charge in [0.25, 0.3) is 0 Å². The predicted octanol–water partition coefficient (Wildman–Crippen LogP) is 3.09. The van der Waals surface area contributed by atoms with Crippen LogP contribution < -0.4 is 9.47 Å². The molecule has 5 nitrogen and oxygen atoms in total. The van der Waals surface area contributed by atoms with Crippen LogP contribution in [0.2, 0.25) is 0 Å². The van der Waals surface area contributed by atoms with Gasteiger partial charge >= 0.3 is 5.97 Å². The van der Waals surface area contributed by atoms with E-state index in [-0.39, 0.29) is 5.69 Å². The van der Waals surface area contributed by atoms with Crippen molar-refractivity contribution in [2.24, 2.45) is 0 Å². The van der Waals surface area contributed by atoms with E-state index in [4.69, 9.17) is 9.47 Å². The molecule has 0 radical (unpaired) electrons. The van der Waals surface area contributed by atoms with Crippen LogP contribution in [0.15, 0.2) is 18.2 Å². The van der Waals surface area contributed by atoms with E-state index in [2.05, 4.69) is 4.98 Å². The number of rotatable bonds is 5. The highest BCUT2D eigenvalue weighted by molar-refractivity contribution is 7.15. The minimum Gasteiger partial charge on any atom is -0.497 e. The van der Waals surface area contributed by atoms with Gasteiger partial charge in [0.2, 0.25) is 0 Å². The standard InChI is InChI=1S/C14H15NO4S/c1-4-11-15-12(14(16)17)13(20-11)9-7-8(18-2)5-6-10(9)19-3/h5-7H,4H2,1-3H3,(H,16,17). The van der Waals surface area contributed by atoms with Crippen LogP contribution in [0.5, 0.6) is 11.5 Å². The molecule has 0 saturated carbocycles. The largest absolute Gasteiger partial charge is 0.497 e. The summed E-state index contributed by atoms with van der Waals surface area (Å²) in [4.78, 5) is 16.1. The van der Waals surface area contributed by atoms with Gasteiger partial charge in [-0.1, -0.05) is 6.92 Å². The Hall–Kier alpha value is -2.08. The smallest absolute Gasteiger partial charge is 0.356 e. The molecule has 20 heavy (non-hydrogen) atoms. The minimum atomic E-state index is -1.04. The molecule has 6 heteroatoms. The summed E-state index contributed by atoms with van der Waals surface area (Å²) in [5.41, 5.74) is 0.736. The molecule has 1 heterocycles. The molecule has 0 unspecified atom stereocenters. The highest BCUT2D eigenvalue weighted by atomic mass is 32.1. The van der Waals surface area contributed by atoms with Crippen LogP contribution >= 0.6 is 11.3 Å². The zero-order valence-corrected chi connectivity index (χ0v) is 12.3. The molecule has 0 aliphatic carbocycles. The Morgan fingerprint density at radius 2 is 2.10 bits per heavy atom. The maximum atomic E-state index is 11.4. The van der Waals surface area contributed by atoms with Crippen LogP contribution in [0, 0.1) is 0 Å². The van der Waals surface area contributed by atoms with Gasteiger partial charge in [0.05, 0.1) is 24.1 Å². The number of aromatic nitrogens is 1. The second-order valence-electron chi connectivity index (χ2n) is 4.01. The molecule has 1 aromatic heterocycles. The highest BCUT2D eigenvalue weighted by Gasteiger charge is 2.21. The number of carbonyl (C=O) groups is 1. The summed E-state index contributed by atoms with van der Waals surface area (Å²) in [5.74, 6) is 0.198. The lowest BCUT2D eigenvalue weighted by atomic mass is 10.1. The van der Waals surface area contributed by atoms with E-state index in [0.717, 1.165) is 5.01 Å². The van der Waals surface area contributed by atoms with Crippen molar-refractivity contribution >= 4 is 17.3 Å². The van der Waals surface area contributed by atoms with Gasteiger partial charge in [0, 0.05) is 5.56 Å². The van der Waals surface area contributed by atoms with Gasteiger partial charge in [-0.05, 0) is 24.6 Å². The SMILES string of the molecule is CCc1nc(C(=O)O)c(-c2cc(OC)ccc2OC)s1. The normalized spacial score (nSPS) is 10.3. The van der Waals surface area contributed by atoms with Gasteiger partial charge in [-0.25, -0.2) is 9.78 Å². The van der Waals surface area contributed by atoms with Crippen molar-refractivity contribution in [3.8, 4) is 21.9 Å². The van der Waals surface area contributed by atoms with Crippen LogP contribution in [-0.4, -0.2) is 30.3 Å². The number of hydrogen-bond acceptors (Lipinski definition) is 5. The third kappa shape index (κ3) is 2.60. The van der Waals surface area contributed by atoms with Gasteiger partial charge < -0.3 is 14.6 Å². The van der Waals surface area contributed by atoms with Crippen LogP contribution in [0.4, 0.5) is 0 Å². The second kappa shape index (κ2) is 5.92. The second-order valence-corrected chi connectivity index (χ2v) is 5.09. The monoisotopic (exact) mass is 293 g/mol. The van der Waals surface area contributed by atoms with Gasteiger partial charge in [-0.2, -0.15) is 0 Å². The molecule has 1 aromatic carbocycles. The van der Waals surface area contributed by atoms with E-state index in [1.54, 1.807) is 32.4 Å². The molecular weight excluding hydrogens is 278 g/mol. The molecule has 0 amide bonds. The summed E-state index contributed by atoms with van der Waals surface area (Å²) in [6.07, 6.45) is 0.692. The molecule has 0 bridgehead atoms. The van der Waals surface area contributed by atoms with Crippen molar-refractivity contribution in [3.63, 3.8) is 0 Å².